The molecule has 10 heteroatoms. The van der Waals surface area contributed by atoms with E-state index in [4.69, 9.17) is 22.1 Å². The van der Waals surface area contributed by atoms with E-state index in [1.54, 1.807) is 6.92 Å². The molecule has 0 aliphatic carbocycles. The van der Waals surface area contributed by atoms with E-state index in [1.807, 2.05) is 0 Å². The third kappa shape index (κ3) is 4.30. The van der Waals surface area contributed by atoms with E-state index in [2.05, 4.69) is 10.1 Å². The van der Waals surface area contributed by atoms with E-state index in [0.29, 0.717) is 12.0 Å². The monoisotopic (exact) mass is 374 g/mol. The number of aliphatic hydroxyl groups excluding tert-OH is 1. The van der Waals surface area contributed by atoms with Crippen LogP contribution in [0.4, 0.5) is 8.78 Å². The van der Waals surface area contributed by atoms with Crippen molar-refractivity contribution in [2.75, 3.05) is 6.61 Å². The van der Waals surface area contributed by atoms with E-state index >= 15 is 0 Å². The molecule has 0 aliphatic rings. The number of carbonyl (C=O) groups is 1. The highest BCUT2D eigenvalue weighted by Gasteiger charge is 2.23. The summed E-state index contributed by atoms with van der Waals surface area (Å²) in [5.74, 6) is -1.25. The largest absolute Gasteiger partial charge is 0.454 e. The quantitative estimate of drug-likeness (QED) is 0.720. The Labute approximate surface area is 147 Å². The molecule has 7 nitrogen and oxygen atoms in total. The van der Waals surface area contributed by atoms with Gasteiger partial charge < -0.3 is 15.6 Å². The van der Waals surface area contributed by atoms with Crippen LogP contribution < -0.4 is 5.73 Å². The van der Waals surface area contributed by atoms with Crippen LogP contribution >= 0.6 is 11.6 Å². The maximum atomic E-state index is 13.0. The minimum absolute atomic E-state index is 0.126. The van der Waals surface area contributed by atoms with Crippen LogP contribution in [0, 0.1) is 0 Å². The molecule has 1 unspecified atom stereocenters. The molecule has 1 aromatic carbocycles. The van der Waals surface area contributed by atoms with Gasteiger partial charge in [-0.05, 0) is 24.1 Å². The summed E-state index contributed by atoms with van der Waals surface area (Å²) in [4.78, 5) is 15.3. The minimum Gasteiger partial charge on any atom is -0.454 e. The number of benzene rings is 1. The van der Waals surface area contributed by atoms with Crippen molar-refractivity contribution in [3.8, 4) is 5.69 Å². The summed E-state index contributed by atoms with van der Waals surface area (Å²) in [6, 6.07) is 3.52. The zero-order valence-electron chi connectivity index (χ0n) is 13.3. The van der Waals surface area contributed by atoms with Gasteiger partial charge in [0.1, 0.15) is 18.5 Å². The van der Waals surface area contributed by atoms with Crippen LogP contribution in [0.2, 0.25) is 5.02 Å². The Balaban J connectivity index is 2.37. The maximum absolute atomic E-state index is 13.0. The fourth-order valence-electron chi connectivity index (χ4n) is 2.08. The second kappa shape index (κ2) is 8.32. The van der Waals surface area contributed by atoms with Gasteiger partial charge in [-0.3, -0.25) is 4.79 Å². The van der Waals surface area contributed by atoms with Crippen molar-refractivity contribution in [3.63, 3.8) is 0 Å². The van der Waals surface area contributed by atoms with E-state index in [1.165, 1.54) is 18.2 Å². The third-order valence-electron chi connectivity index (χ3n) is 3.51. The molecule has 0 radical (unpaired) electrons. The second-order valence-electron chi connectivity index (χ2n) is 5.16. The van der Waals surface area contributed by atoms with Gasteiger partial charge in [0.15, 0.2) is 5.82 Å². The fourth-order valence-corrected chi connectivity index (χ4v) is 2.28. The summed E-state index contributed by atoms with van der Waals surface area (Å²) in [6.07, 6.45) is -2.51. The highest BCUT2D eigenvalue weighted by Crippen LogP contribution is 2.29. The topological polar surface area (TPSA) is 103 Å². The van der Waals surface area contributed by atoms with Crippen molar-refractivity contribution >= 4 is 17.6 Å². The van der Waals surface area contributed by atoms with E-state index in [0.717, 1.165) is 11.0 Å². The second-order valence-corrected chi connectivity index (χ2v) is 5.57. The molecule has 0 fully saturated rings. The van der Waals surface area contributed by atoms with E-state index < -0.39 is 37.0 Å². The summed E-state index contributed by atoms with van der Waals surface area (Å²) < 4.78 is 32.1. The van der Waals surface area contributed by atoms with Crippen molar-refractivity contribution < 1.29 is 23.4 Å². The minimum atomic E-state index is -2.85. The number of nitrogens with zero attached hydrogens (tertiary/aromatic N) is 3. The Bertz CT molecular complexity index is 741. The van der Waals surface area contributed by atoms with Crippen LogP contribution in [0.5, 0.6) is 0 Å². The molecule has 0 amide bonds. The molecule has 1 heterocycles. The zero-order chi connectivity index (χ0) is 18.6. The Morgan fingerprint density at radius 1 is 1.48 bits per heavy atom. The molecule has 3 N–H and O–H groups in total. The molecular formula is C15H17ClF2N4O3. The lowest BCUT2D eigenvalue weighted by Crippen LogP contribution is -2.33. The lowest BCUT2D eigenvalue weighted by atomic mass is 10.1. The third-order valence-corrected chi connectivity index (χ3v) is 3.83. The zero-order valence-corrected chi connectivity index (χ0v) is 14.0. The first-order chi connectivity index (χ1) is 11.9. The summed E-state index contributed by atoms with van der Waals surface area (Å²) in [5, 5.41) is 13.4. The molecule has 0 saturated heterocycles. The first-order valence-corrected chi connectivity index (χ1v) is 7.81. The predicted octanol–water partition coefficient (Wildman–Crippen LogP) is 2.17. The number of nitrogens with two attached hydrogens (primary N) is 1. The molecule has 0 saturated carbocycles. The highest BCUT2D eigenvalue weighted by molar-refractivity contribution is 6.32. The van der Waals surface area contributed by atoms with E-state index in [9.17, 15) is 18.7 Å². The van der Waals surface area contributed by atoms with Gasteiger partial charge >= 0.3 is 5.97 Å². The Kier molecular flexibility index (Phi) is 6.40. The fraction of sp³-hybridized carbons (Fsp3) is 0.400. The summed E-state index contributed by atoms with van der Waals surface area (Å²) in [5.41, 5.74) is 6.08. The van der Waals surface area contributed by atoms with Gasteiger partial charge in [-0.2, -0.15) is 5.10 Å². The van der Waals surface area contributed by atoms with E-state index in [-0.39, 0.29) is 10.7 Å². The van der Waals surface area contributed by atoms with Crippen LogP contribution in [0.25, 0.3) is 5.69 Å². The van der Waals surface area contributed by atoms with Crippen LogP contribution in [0.3, 0.4) is 0 Å². The van der Waals surface area contributed by atoms with Crippen molar-refractivity contribution in [1.82, 2.24) is 14.8 Å². The van der Waals surface area contributed by atoms with Gasteiger partial charge in [0.05, 0.1) is 17.3 Å². The molecule has 25 heavy (non-hydrogen) atoms. The van der Waals surface area contributed by atoms with Crippen LogP contribution in [-0.2, 0) is 9.53 Å². The van der Waals surface area contributed by atoms with Crippen molar-refractivity contribution in [1.29, 1.82) is 0 Å². The average molecular weight is 375 g/mol. The van der Waals surface area contributed by atoms with Crippen molar-refractivity contribution in [2.24, 2.45) is 5.73 Å². The molecular weight excluding hydrogens is 358 g/mol. The summed E-state index contributed by atoms with van der Waals surface area (Å²) in [7, 11) is 0. The van der Waals surface area contributed by atoms with Gasteiger partial charge in [0.2, 0.25) is 0 Å². The molecule has 0 aliphatic heterocycles. The first kappa shape index (κ1) is 19.2. The normalized spacial score (nSPS) is 13.7. The van der Waals surface area contributed by atoms with Gasteiger partial charge in [0, 0.05) is 0 Å². The SMILES string of the molecule is CCC(N)C(=O)O[C@H](CO)c1ccc(Cl)c(-n2ncnc2C(F)F)c1. The number of esters is 1. The Morgan fingerprint density at radius 2 is 2.20 bits per heavy atom. The number of hydrogen-bond acceptors (Lipinski definition) is 6. The predicted molar refractivity (Wildman–Crippen MR) is 85.5 cm³/mol. The number of alkyl halides is 2. The summed E-state index contributed by atoms with van der Waals surface area (Å²) >= 11 is 6.07. The van der Waals surface area contributed by atoms with Gasteiger partial charge in [-0.1, -0.05) is 24.6 Å². The van der Waals surface area contributed by atoms with Crippen LogP contribution in [-0.4, -0.2) is 38.5 Å². The molecule has 2 atom stereocenters. The average Bonchev–Trinajstić information content (AvgIpc) is 3.09. The Hall–Kier alpha value is -2.10. The number of ether oxygens (including phenoxy) is 1. The number of hydrogen-bond donors (Lipinski definition) is 2. The molecule has 2 aromatic rings. The number of carbonyl (C=O) groups excluding carboxylic acids is 1. The highest BCUT2D eigenvalue weighted by atomic mass is 35.5. The molecule has 0 spiro atoms. The maximum Gasteiger partial charge on any atom is 0.323 e. The molecule has 1 aromatic heterocycles. The smallest absolute Gasteiger partial charge is 0.323 e. The van der Waals surface area contributed by atoms with Gasteiger partial charge in [0.25, 0.3) is 6.43 Å². The van der Waals surface area contributed by atoms with Crippen molar-refractivity contribution in [2.45, 2.75) is 31.9 Å². The van der Waals surface area contributed by atoms with Gasteiger partial charge in [-0.15, -0.1) is 0 Å². The number of aliphatic hydroxyl groups is 1. The molecule has 2 rings (SSSR count). The number of aromatic nitrogens is 3. The summed E-state index contributed by atoms with van der Waals surface area (Å²) in [6.45, 7) is 1.21. The van der Waals surface area contributed by atoms with Crippen molar-refractivity contribution in [3.05, 3.63) is 40.9 Å². The standard InChI is InChI=1S/C15H17ClF2N4O3/c1-2-10(19)15(24)25-12(6-23)8-3-4-9(16)11(5-8)22-14(13(17)18)20-7-21-22/h3-5,7,10,12-13,23H,2,6,19H2,1H3/t10?,12-/m1/s1. The van der Waals surface area contributed by atoms with Gasteiger partial charge in [-0.25, -0.2) is 18.4 Å². The lowest BCUT2D eigenvalue weighted by Gasteiger charge is -2.19. The lowest BCUT2D eigenvalue weighted by molar-refractivity contribution is -0.153. The number of halogens is 3. The molecule has 0 bridgehead atoms. The van der Waals surface area contributed by atoms with Crippen LogP contribution in [0.15, 0.2) is 24.5 Å². The van der Waals surface area contributed by atoms with Crippen LogP contribution in [0.1, 0.15) is 37.3 Å². The first-order valence-electron chi connectivity index (χ1n) is 7.43. The molecule has 136 valence electrons. The Morgan fingerprint density at radius 3 is 2.80 bits per heavy atom. The number of rotatable bonds is 7.